The fourth-order valence-corrected chi connectivity index (χ4v) is 4.81. The van der Waals surface area contributed by atoms with Gasteiger partial charge in [0.25, 0.3) is 0 Å². The Bertz CT molecular complexity index is 426. The zero-order valence-corrected chi connectivity index (χ0v) is 25.6. The summed E-state index contributed by atoms with van der Waals surface area (Å²) < 4.78 is 20.7. The van der Waals surface area contributed by atoms with Crippen LogP contribution in [0.5, 0.6) is 0 Å². The molecule has 0 aromatic heterocycles. The monoisotopic (exact) mass is 586 g/mol. The topological polar surface area (TPSA) is 126 Å². The molecule has 0 saturated carbocycles. The Labute approximate surface area is 223 Å². The second kappa shape index (κ2) is 27.8. The molecule has 0 rings (SSSR count). The van der Waals surface area contributed by atoms with Crippen LogP contribution >= 0.6 is 15.2 Å². The molecule has 0 aliphatic carbocycles. The van der Waals surface area contributed by atoms with Crippen molar-refractivity contribution < 1.29 is 54.9 Å². The molecule has 0 spiro atoms. The predicted molar refractivity (Wildman–Crippen MR) is 129 cm³/mol. The Morgan fingerprint density at radius 1 is 0.394 bits per heavy atom. The van der Waals surface area contributed by atoms with Gasteiger partial charge in [-0.15, -0.1) is 0 Å². The molecule has 0 aliphatic heterocycles. The first kappa shape index (κ1) is 38.7. The number of rotatable bonds is 22. The van der Waals surface area contributed by atoms with Crippen molar-refractivity contribution in [2.75, 3.05) is 12.3 Å². The Balaban J connectivity index is -0.000000529. The molecule has 33 heavy (non-hydrogen) atoms. The molecule has 0 unspecified atom stereocenters. The molecule has 0 aliphatic rings. The van der Waals surface area contributed by atoms with E-state index in [1.165, 1.54) is 89.9 Å². The van der Waals surface area contributed by atoms with Gasteiger partial charge in [-0.2, -0.15) is 0 Å². The number of unbranched alkanes of at least 4 members (excludes halogenated alkanes) is 18. The van der Waals surface area contributed by atoms with Crippen LogP contribution in [-0.2, 0) is 35.3 Å². The normalized spacial score (nSPS) is 11.6. The summed E-state index contributed by atoms with van der Waals surface area (Å²) in [6, 6.07) is 0. The van der Waals surface area contributed by atoms with Crippen LogP contribution in [0.25, 0.3) is 0 Å². The number of hydrogen-bond acceptors (Lipinski definition) is 6. The summed E-state index contributed by atoms with van der Waals surface area (Å²) in [5.41, 5.74) is 0. The Hall–Kier alpha value is 1.18. The first-order chi connectivity index (χ1) is 15.1. The van der Waals surface area contributed by atoms with E-state index in [2.05, 4.69) is 13.8 Å². The van der Waals surface area contributed by atoms with Crippen LogP contribution in [0.15, 0.2) is 0 Å². The van der Waals surface area contributed by atoms with Crippen molar-refractivity contribution in [1.82, 2.24) is 0 Å². The molecule has 0 heterocycles. The third kappa shape index (κ3) is 43.7. The van der Waals surface area contributed by atoms with E-state index in [-0.39, 0.29) is 38.5 Å². The summed E-state index contributed by atoms with van der Waals surface area (Å²) in [5, 5.41) is 0. The van der Waals surface area contributed by atoms with Crippen molar-refractivity contribution in [3.63, 3.8) is 0 Å². The molecule has 0 amide bonds. The van der Waals surface area contributed by atoms with Crippen molar-refractivity contribution in [2.45, 2.75) is 142 Å². The van der Waals surface area contributed by atoms with Crippen molar-refractivity contribution in [3.05, 3.63) is 0 Å². The molecule has 0 aromatic carbocycles. The average Bonchev–Trinajstić information content (AvgIpc) is 2.70. The third-order valence-electron chi connectivity index (χ3n) is 5.57. The Morgan fingerprint density at radius 3 is 0.758 bits per heavy atom. The first-order valence-electron chi connectivity index (χ1n) is 13.1. The Morgan fingerprint density at radius 2 is 0.576 bits per heavy atom. The minimum absolute atomic E-state index is 0. The van der Waals surface area contributed by atoms with Gasteiger partial charge >= 0.3 is 26.2 Å². The van der Waals surface area contributed by atoms with Crippen molar-refractivity contribution in [1.29, 1.82) is 0 Å². The van der Waals surface area contributed by atoms with E-state index in [0.29, 0.717) is 12.8 Å². The van der Waals surface area contributed by atoms with Gasteiger partial charge in [0.15, 0.2) is 0 Å². The summed E-state index contributed by atoms with van der Waals surface area (Å²) in [6.07, 6.45) is 22.6. The van der Waals surface area contributed by atoms with Gasteiger partial charge < -0.3 is 28.7 Å². The minimum Gasteiger partial charge on any atom is -0.811 e. The minimum atomic E-state index is -4.24. The molecular weight excluding hydrogens is 537 g/mol. The average molecular weight is 588 g/mol. The van der Waals surface area contributed by atoms with Crippen molar-refractivity contribution >= 4 is 15.2 Å². The third-order valence-corrected chi connectivity index (χ3v) is 7.30. The molecule has 0 atom stereocenters. The molecule has 0 bridgehead atoms. The SMILES string of the molecule is CCCCCCCCCCCCP(=O)([O-])[O-].CCCCCCCCCCCCP(=O)([O-])[O-].[Zr+4]. The van der Waals surface area contributed by atoms with Gasteiger partial charge in [0.05, 0.1) is 0 Å². The predicted octanol–water partition coefficient (Wildman–Crippen LogP) is 5.64. The first-order valence-corrected chi connectivity index (χ1v) is 16.6. The van der Waals surface area contributed by atoms with Crippen molar-refractivity contribution in [3.8, 4) is 0 Å². The van der Waals surface area contributed by atoms with E-state index in [1.54, 1.807) is 0 Å². The largest absolute Gasteiger partial charge is 4.00 e. The molecule has 9 heteroatoms. The summed E-state index contributed by atoms with van der Waals surface area (Å²) in [4.78, 5) is 41.4. The van der Waals surface area contributed by atoms with E-state index in [4.69, 9.17) is 0 Å². The summed E-state index contributed by atoms with van der Waals surface area (Å²) in [7, 11) is -8.48. The molecule has 0 fully saturated rings. The van der Waals surface area contributed by atoms with Crippen molar-refractivity contribution in [2.24, 2.45) is 0 Å². The molecule has 196 valence electrons. The van der Waals surface area contributed by atoms with Crippen LogP contribution in [0.1, 0.15) is 142 Å². The number of hydrogen-bond donors (Lipinski definition) is 0. The van der Waals surface area contributed by atoms with Crippen LogP contribution in [0, 0.1) is 0 Å². The molecule has 0 saturated heterocycles. The second-order valence-electron chi connectivity index (χ2n) is 9.03. The summed E-state index contributed by atoms with van der Waals surface area (Å²) in [6.45, 7) is 4.43. The maximum atomic E-state index is 10.3. The van der Waals surface area contributed by atoms with Gasteiger partial charge in [-0.25, -0.2) is 0 Å². The fraction of sp³-hybridized carbons (Fsp3) is 1.00. The van der Waals surface area contributed by atoms with E-state index in [0.717, 1.165) is 25.7 Å². The summed E-state index contributed by atoms with van der Waals surface area (Å²) >= 11 is 0. The quantitative estimate of drug-likeness (QED) is 0.119. The van der Waals surface area contributed by atoms with Gasteiger partial charge in [-0.1, -0.05) is 145 Å². The van der Waals surface area contributed by atoms with Gasteiger partial charge in [0.1, 0.15) is 0 Å². The van der Waals surface area contributed by atoms with Crippen LogP contribution < -0.4 is 19.6 Å². The molecule has 0 radical (unpaired) electrons. The van der Waals surface area contributed by atoms with E-state index < -0.39 is 15.2 Å². The van der Waals surface area contributed by atoms with Crippen LogP contribution in [0.4, 0.5) is 0 Å². The summed E-state index contributed by atoms with van der Waals surface area (Å²) in [5.74, 6) is 0. The standard InChI is InChI=1S/2C12H27O3P.Zr/c2*1-2-3-4-5-6-7-8-9-10-11-12-16(13,14)15;/h2*2-12H2,1H3,(H2,13,14,15);/q;;+4/p-4. The molecule has 0 N–H and O–H groups in total. The molecular formula is C24H50O6P2Zr. The smallest absolute Gasteiger partial charge is 0.811 e. The Kier molecular flexibility index (Phi) is 32.6. The van der Waals surface area contributed by atoms with Gasteiger partial charge in [-0.05, 0) is 25.2 Å². The van der Waals surface area contributed by atoms with Gasteiger partial charge in [0, 0.05) is 0 Å². The van der Waals surface area contributed by atoms with E-state index >= 15 is 0 Å². The van der Waals surface area contributed by atoms with Crippen LogP contribution in [0.3, 0.4) is 0 Å². The second-order valence-corrected chi connectivity index (χ2v) is 12.4. The van der Waals surface area contributed by atoms with E-state index in [9.17, 15) is 28.7 Å². The maximum absolute atomic E-state index is 10.3. The van der Waals surface area contributed by atoms with Crippen LogP contribution in [0.2, 0.25) is 0 Å². The zero-order valence-electron chi connectivity index (χ0n) is 21.4. The molecule has 6 nitrogen and oxygen atoms in total. The van der Waals surface area contributed by atoms with Crippen LogP contribution in [-0.4, -0.2) is 12.3 Å². The fourth-order valence-electron chi connectivity index (χ4n) is 3.59. The van der Waals surface area contributed by atoms with Gasteiger partial charge in [-0.3, -0.25) is 0 Å². The van der Waals surface area contributed by atoms with E-state index in [1.807, 2.05) is 0 Å². The zero-order chi connectivity index (χ0) is 24.6. The maximum Gasteiger partial charge on any atom is 4.00 e. The van der Waals surface area contributed by atoms with Gasteiger partial charge in [0.2, 0.25) is 0 Å². The molecule has 0 aromatic rings.